The van der Waals surface area contributed by atoms with Gasteiger partial charge in [-0.1, -0.05) is 23.7 Å². The predicted molar refractivity (Wildman–Crippen MR) is 109 cm³/mol. The van der Waals surface area contributed by atoms with Gasteiger partial charge in [-0.3, -0.25) is 0 Å². The second-order valence-electron chi connectivity index (χ2n) is 5.89. The smallest absolute Gasteiger partial charge is 0.211 e. The molecule has 6 nitrogen and oxygen atoms in total. The summed E-state index contributed by atoms with van der Waals surface area (Å²) in [7, 11) is -3.62. The number of hydrogen-bond donors (Lipinski definition) is 1. The van der Waals surface area contributed by atoms with Crippen LogP contribution in [-0.4, -0.2) is 29.6 Å². The Hall–Kier alpha value is -1.78. The van der Waals surface area contributed by atoms with Crippen molar-refractivity contribution < 1.29 is 8.42 Å². The molecular weight excluding hydrogens is 424 g/mol. The Bertz CT molecular complexity index is 1200. The number of benzene rings is 1. The fourth-order valence-electron chi connectivity index (χ4n) is 2.66. The van der Waals surface area contributed by atoms with E-state index in [9.17, 15) is 8.42 Å². The molecule has 1 N–H and O–H groups in total. The van der Waals surface area contributed by atoms with Gasteiger partial charge in [0.05, 0.1) is 15.5 Å². The summed E-state index contributed by atoms with van der Waals surface area (Å²) in [6.07, 6.45) is 0.506. The minimum atomic E-state index is -3.62. The van der Waals surface area contributed by atoms with Crippen LogP contribution in [0.3, 0.4) is 0 Å². The molecule has 3 aromatic heterocycles. The van der Waals surface area contributed by atoms with Gasteiger partial charge >= 0.3 is 0 Å². The molecule has 3 heterocycles. The van der Waals surface area contributed by atoms with E-state index >= 15 is 0 Å². The molecule has 10 heteroatoms. The van der Waals surface area contributed by atoms with E-state index in [4.69, 9.17) is 11.6 Å². The summed E-state index contributed by atoms with van der Waals surface area (Å²) in [5.74, 6) is 0.688. The number of hydrogen-bond acceptors (Lipinski definition) is 6. The van der Waals surface area contributed by atoms with Gasteiger partial charge in [0, 0.05) is 23.4 Å². The van der Waals surface area contributed by atoms with Crippen molar-refractivity contribution in [2.75, 3.05) is 6.54 Å². The lowest BCUT2D eigenvalue weighted by Crippen LogP contribution is -2.27. The molecule has 140 valence electrons. The average molecular weight is 439 g/mol. The van der Waals surface area contributed by atoms with Crippen molar-refractivity contribution in [3.8, 4) is 10.7 Å². The maximum Gasteiger partial charge on any atom is 0.240 e. The third-order valence-corrected chi connectivity index (χ3v) is 7.57. The van der Waals surface area contributed by atoms with E-state index in [1.807, 2.05) is 22.9 Å². The van der Waals surface area contributed by atoms with Gasteiger partial charge in [-0.25, -0.2) is 17.7 Å². The van der Waals surface area contributed by atoms with Crippen LogP contribution in [0.1, 0.15) is 11.3 Å². The van der Waals surface area contributed by atoms with E-state index in [1.165, 1.54) is 17.4 Å². The van der Waals surface area contributed by atoms with Crippen LogP contribution < -0.4 is 4.72 Å². The molecule has 4 rings (SSSR count). The van der Waals surface area contributed by atoms with Crippen molar-refractivity contribution in [1.82, 2.24) is 19.3 Å². The quantitative estimate of drug-likeness (QED) is 0.493. The Balaban J connectivity index is 1.50. The highest BCUT2D eigenvalue weighted by Crippen LogP contribution is 2.24. The lowest BCUT2D eigenvalue weighted by atomic mass is 10.2. The van der Waals surface area contributed by atoms with Crippen molar-refractivity contribution in [1.29, 1.82) is 0 Å². The monoisotopic (exact) mass is 438 g/mol. The molecule has 0 saturated carbocycles. The molecule has 4 aromatic rings. The van der Waals surface area contributed by atoms with Gasteiger partial charge in [0.2, 0.25) is 15.0 Å². The van der Waals surface area contributed by atoms with E-state index in [1.54, 1.807) is 34.9 Å². The minimum absolute atomic E-state index is 0.200. The first-order valence-corrected chi connectivity index (χ1v) is 11.7. The van der Waals surface area contributed by atoms with E-state index in [-0.39, 0.29) is 11.4 Å². The lowest BCUT2D eigenvalue weighted by Gasteiger charge is -2.09. The summed E-state index contributed by atoms with van der Waals surface area (Å²) in [5, 5.41) is 8.87. The minimum Gasteiger partial charge on any atom is -0.211 e. The number of nitrogens with zero attached hydrogens (tertiary/aromatic N) is 3. The van der Waals surface area contributed by atoms with Crippen molar-refractivity contribution in [3.05, 3.63) is 57.4 Å². The van der Waals surface area contributed by atoms with Crippen LogP contribution in [0.25, 0.3) is 15.7 Å². The van der Waals surface area contributed by atoms with Gasteiger partial charge in [-0.2, -0.15) is 4.98 Å². The number of aromatic nitrogens is 3. The van der Waals surface area contributed by atoms with Crippen LogP contribution in [0, 0.1) is 6.92 Å². The van der Waals surface area contributed by atoms with Crippen LogP contribution >= 0.6 is 34.3 Å². The molecule has 0 radical (unpaired) electrons. The van der Waals surface area contributed by atoms with Crippen LogP contribution in [0.5, 0.6) is 0 Å². The Kier molecular flexibility index (Phi) is 5.04. The Morgan fingerprint density at radius 1 is 1.26 bits per heavy atom. The first-order valence-electron chi connectivity index (χ1n) is 8.07. The number of rotatable bonds is 6. The first kappa shape index (κ1) is 18.6. The van der Waals surface area contributed by atoms with E-state index in [2.05, 4.69) is 14.8 Å². The van der Waals surface area contributed by atoms with Crippen LogP contribution in [0.15, 0.2) is 46.0 Å². The van der Waals surface area contributed by atoms with Gasteiger partial charge in [0.25, 0.3) is 0 Å². The highest BCUT2D eigenvalue weighted by molar-refractivity contribution is 7.89. The van der Waals surface area contributed by atoms with E-state index in [0.717, 1.165) is 15.5 Å². The van der Waals surface area contributed by atoms with Gasteiger partial charge in [0.1, 0.15) is 0 Å². The standard InChI is InChI=1S/C17H15ClN4O2S3/c1-11-4-5-12(18)9-15(11)27(23,24)19-7-6-13-10-26-17-20-16(21-22(13)17)14-3-2-8-25-14/h2-5,8-10,19H,6-7H2,1H3. The van der Waals surface area contributed by atoms with Gasteiger partial charge in [-0.05, 0) is 36.1 Å². The zero-order valence-corrected chi connectivity index (χ0v) is 17.4. The zero-order valence-electron chi connectivity index (χ0n) is 14.2. The lowest BCUT2D eigenvalue weighted by molar-refractivity contribution is 0.580. The van der Waals surface area contributed by atoms with Gasteiger partial charge in [0.15, 0.2) is 5.82 Å². The number of thiophene rings is 1. The maximum atomic E-state index is 12.6. The van der Waals surface area contributed by atoms with Crippen LogP contribution in [0.2, 0.25) is 5.02 Å². The fourth-order valence-corrected chi connectivity index (χ4v) is 5.71. The molecule has 27 heavy (non-hydrogen) atoms. The second kappa shape index (κ2) is 7.33. The van der Waals surface area contributed by atoms with E-state index in [0.29, 0.717) is 22.8 Å². The summed E-state index contributed by atoms with van der Waals surface area (Å²) in [4.78, 5) is 6.53. The van der Waals surface area contributed by atoms with E-state index < -0.39 is 10.0 Å². The largest absolute Gasteiger partial charge is 0.240 e. The maximum absolute atomic E-state index is 12.6. The summed E-state index contributed by atoms with van der Waals surface area (Å²) >= 11 is 9.02. The molecule has 0 fully saturated rings. The van der Waals surface area contributed by atoms with Crippen molar-refractivity contribution >= 4 is 49.3 Å². The summed E-state index contributed by atoms with van der Waals surface area (Å²) in [6.45, 7) is 2.00. The highest BCUT2D eigenvalue weighted by atomic mass is 35.5. The van der Waals surface area contributed by atoms with Crippen LogP contribution in [0.4, 0.5) is 0 Å². The molecule has 0 aliphatic rings. The first-order chi connectivity index (χ1) is 12.9. The molecular formula is C17H15ClN4O2S3. The molecule has 0 amide bonds. The SMILES string of the molecule is Cc1ccc(Cl)cc1S(=O)(=O)NCCc1csc2nc(-c3cccs3)nn12. The second-order valence-corrected chi connectivity index (χ2v) is 9.85. The average Bonchev–Trinajstić information content (AvgIpc) is 3.34. The molecule has 0 spiro atoms. The molecule has 0 aliphatic carbocycles. The number of halogens is 1. The molecule has 0 saturated heterocycles. The topological polar surface area (TPSA) is 76.4 Å². The summed E-state index contributed by atoms with van der Waals surface area (Å²) in [5.41, 5.74) is 1.57. The number of sulfonamides is 1. The normalized spacial score (nSPS) is 12.1. The number of nitrogens with one attached hydrogen (secondary N) is 1. The summed E-state index contributed by atoms with van der Waals surface area (Å²) in [6, 6.07) is 8.77. The molecule has 1 aromatic carbocycles. The third-order valence-electron chi connectivity index (χ3n) is 4.00. The Labute approximate surface area is 169 Å². The van der Waals surface area contributed by atoms with Crippen molar-refractivity contribution in [2.24, 2.45) is 0 Å². The number of fused-ring (bicyclic) bond motifs is 1. The van der Waals surface area contributed by atoms with Gasteiger partial charge < -0.3 is 0 Å². The Morgan fingerprint density at radius 2 is 2.11 bits per heavy atom. The van der Waals surface area contributed by atoms with Crippen molar-refractivity contribution in [3.63, 3.8) is 0 Å². The number of thiazole rings is 1. The molecule has 0 aliphatic heterocycles. The number of aryl methyl sites for hydroxylation is 1. The highest BCUT2D eigenvalue weighted by Gasteiger charge is 2.18. The van der Waals surface area contributed by atoms with Crippen molar-refractivity contribution in [2.45, 2.75) is 18.2 Å². The zero-order chi connectivity index (χ0) is 19.0. The molecule has 0 atom stereocenters. The predicted octanol–water partition coefficient (Wildman–Crippen LogP) is 4.00. The molecule has 0 bridgehead atoms. The Morgan fingerprint density at radius 3 is 2.89 bits per heavy atom. The third kappa shape index (κ3) is 3.78. The van der Waals surface area contributed by atoms with Crippen LogP contribution in [-0.2, 0) is 16.4 Å². The van der Waals surface area contributed by atoms with Gasteiger partial charge in [-0.15, -0.1) is 27.8 Å². The summed E-state index contributed by atoms with van der Waals surface area (Å²) < 4.78 is 29.5. The molecule has 0 unspecified atom stereocenters. The fraction of sp³-hybridized carbons (Fsp3) is 0.176.